The summed E-state index contributed by atoms with van der Waals surface area (Å²) in [5.41, 5.74) is 0.975. The fraction of sp³-hybridized carbons (Fsp3) is 0.692. The number of hydrogen-bond donors (Lipinski definition) is 1. The van der Waals surface area contributed by atoms with E-state index < -0.39 is 0 Å². The highest BCUT2D eigenvalue weighted by Gasteiger charge is 2.19. The molecule has 0 bridgehead atoms. The molecular formula is C13H20ClN3. The monoisotopic (exact) mass is 253 g/mol. The molecule has 1 fully saturated rings. The third-order valence-corrected chi connectivity index (χ3v) is 3.95. The lowest BCUT2D eigenvalue weighted by atomic mass is 9.81. The van der Waals surface area contributed by atoms with E-state index in [1.807, 2.05) is 6.07 Å². The van der Waals surface area contributed by atoms with Crippen molar-refractivity contribution in [3.8, 4) is 0 Å². The fourth-order valence-corrected chi connectivity index (χ4v) is 2.70. The van der Waals surface area contributed by atoms with Gasteiger partial charge in [-0.2, -0.15) is 5.10 Å². The summed E-state index contributed by atoms with van der Waals surface area (Å²) >= 11 is 5.79. The van der Waals surface area contributed by atoms with Crippen LogP contribution in [0.3, 0.4) is 0 Å². The van der Waals surface area contributed by atoms with Gasteiger partial charge in [0, 0.05) is 12.6 Å². The van der Waals surface area contributed by atoms with Gasteiger partial charge in [0.05, 0.1) is 11.9 Å². The van der Waals surface area contributed by atoms with Crippen LogP contribution >= 0.6 is 11.6 Å². The standard InChI is InChI=1S/C13H20ClN3/c1-2-10-3-5-11(6-4-10)8-15-12-7-13(14)17-16-9-12/h7,9-11H,2-6,8H2,1H3,(H,15,17). The van der Waals surface area contributed by atoms with Crippen LogP contribution in [0.5, 0.6) is 0 Å². The maximum absolute atomic E-state index is 5.79. The molecule has 94 valence electrons. The Labute approximate surface area is 108 Å². The smallest absolute Gasteiger partial charge is 0.153 e. The van der Waals surface area contributed by atoms with Crippen LogP contribution in [0, 0.1) is 11.8 Å². The van der Waals surface area contributed by atoms with Crippen molar-refractivity contribution in [1.29, 1.82) is 0 Å². The summed E-state index contributed by atoms with van der Waals surface area (Å²) in [7, 11) is 0. The number of rotatable bonds is 4. The Balaban J connectivity index is 1.76. The van der Waals surface area contributed by atoms with Crippen molar-refractivity contribution >= 4 is 17.3 Å². The SMILES string of the molecule is CCC1CCC(CNc2cnnc(Cl)c2)CC1. The van der Waals surface area contributed by atoms with E-state index in [9.17, 15) is 0 Å². The van der Waals surface area contributed by atoms with Gasteiger partial charge in [-0.25, -0.2) is 0 Å². The topological polar surface area (TPSA) is 37.8 Å². The molecule has 1 aliphatic carbocycles. The van der Waals surface area contributed by atoms with Crippen LogP contribution in [0.4, 0.5) is 5.69 Å². The van der Waals surface area contributed by atoms with Gasteiger partial charge in [0.15, 0.2) is 5.15 Å². The molecule has 0 spiro atoms. The van der Waals surface area contributed by atoms with Gasteiger partial charge in [0.25, 0.3) is 0 Å². The van der Waals surface area contributed by atoms with Gasteiger partial charge in [-0.1, -0.05) is 37.8 Å². The summed E-state index contributed by atoms with van der Waals surface area (Å²) in [6.07, 6.45) is 8.53. The lowest BCUT2D eigenvalue weighted by Crippen LogP contribution is -2.21. The Kier molecular flexibility index (Phi) is 4.60. The lowest BCUT2D eigenvalue weighted by molar-refractivity contribution is 0.278. The molecule has 1 aliphatic rings. The van der Waals surface area contributed by atoms with Crippen LogP contribution in [0.2, 0.25) is 5.15 Å². The maximum Gasteiger partial charge on any atom is 0.153 e. The van der Waals surface area contributed by atoms with Crippen molar-refractivity contribution in [2.75, 3.05) is 11.9 Å². The predicted octanol–water partition coefficient (Wildman–Crippen LogP) is 3.76. The second kappa shape index (κ2) is 6.20. The molecule has 1 saturated carbocycles. The Bertz CT molecular complexity index is 348. The van der Waals surface area contributed by atoms with Gasteiger partial charge in [-0.05, 0) is 24.7 Å². The third-order valence-electron chi connectivity index (χ3n) is 3.76. The van der Waals surface area contributed by atoms with Crippen molar-refractivity contribution in [1.82, 2.24) is 10.2 Å². The van der Waals surface area contributed by atoms with Crippen molar-refractivity contribution in [3.63, 3.8) is 0 Å². The number of nitrogens with one attached hydrogen (secondary N) is 1. The van der Waals surface area contributed by atoms with E-state index in [-0.39, 0.29) is 0 Å². The van der Waals surface area contributed by atoms with Crippen LogP contribution in [0.25, 0.3) is 0 Å². The molecule has 0 radical (unpaired) electrons. The van der Waals surface area contributed by atoms with Gasteiger partial charge in [0.1, 0.15) is 0 Å². The molecule has 0 saturated heterocycles. The molecule has 1 N–H and O–H groups in total. The first-order valence-corrected chi connectivity index (χ1v) is 6.87. The summed E-state index contributed by atoms with van der Waals surface area (Å²) in [5, 5.41) is 11.4. The first kappa shape index (κ1) is 12.6. The minimum atomic E-state index is 0.449. The van der Waals surface area contributed by atoms with Crippen LogP contribution in [-0.2, 0) is 0 Å². The summed E-state index contributed by atoms with van der Waals surface area (Å²) in [5.74, 6) is 1.76. The molecule has 1 aromatic rings. The molecule has 0 aliphatic heterocycles. The molecule has 2 rings (SSSR count). The second-order valence-electron chi connectivity index (χ2n) is 4.94. The summed E-state index contributed by atoms with van der Waals surface area (Å²) in [4.78, 5) is 0. The van der Waals surface area contributed by atoms with Gasteiger partial charge in [-0.15, -0.1) is 5.10 Å². The Morgan fingerprint density at radius 1 is 1.29 bits per heavy atom. The zero-order valence-electron chi connectivity index (χ0n) is 10.3. The average molecular weight is 254 g/mol. The van der Waals surface area contributed by atoms with Crippen LogP contribution in [0.1, 0.15) is 39.0 Å². The first-order chi connectivity index (χ1) is 8.28. The number of anilines is 1. The third kappa shape index (κ3) is 3.84. The van der Waals surface area contributed by atoms with Crippen molar-refractivity contribution in [3.05, 3.63) is 17.4 Å². The molecular weight excluding hydrogens is 234 g/mol. The molecule has 0 amide bonds. The summed E-state index contributed by atoms with van der Waals surface area (Å²) in [6.45, 7) is 3.33. The normalized spacial score (nSPS) is 24.6. The first-order valence-electron chi connectivity index (χ1n) is 6.50. The maximum atomic E-state index is 5.79. The summed E-state index contributed by atoms with van der Waals surface area (Å²) in [6, 6.07) is 1.83. The lowest BCUT2D eigenvalue weighted by Gasteiger charge is -2.28. The molecule has 4 heteroatoms. The number of nitrogens with zero attached hydrogens (tertiary/aromatic N) is 2. The van der Waals surface area contributed by atoms with E-state index in [1.165, 1.54) is 32.1 Å². The van der Waals surface area contributed by atoms with E-state index >= 15 is 0 Å². The molecule has 1 heterocycles. The number of aromatic nitrogens is 2. The molecule has 0 aromatic carbocycles. The molecule has 1 aromatic heterocycles. The number of hydrogen-bond acceptors (Lipinski definition) is 3. The largest absolute Gasteiger partial charge is 0.383 e. The van der Waals surface area contributed by atoms with E-state index in [4.69, 9.17) is 11.6 Å². The molecule has 0 atom stereocenters. The highest BCUT2D eigenvalue weighted by atomic mass is 35.5. The van der Waals surface area contributed by atoms with Crippen molar-refractivity contribution in [2.24, 2.45) is 11.8 Å². The van der Waals surface area contributed by atoms with Gasteiger partial charge in [-0.3, -0.25) is 0 Å². The highest BCUT2D eigenvalue weighted by molar-refractivity contribution is 6.29. The van der Waals surface area contributed by atoms with Crippen molar-refractivity contribution in [2.45, 2.75) is 39.0 Å². The fourth-order valence-electron chi connectivity index (χ4n) is 2.54. The highest BCUT2D eigenvalue weighted by Crippen LogP contribution is 2.30. The van der Waals surface area contributed by atoms with Gasteiger partial charge in [0.2, 0.25) is 0 Å². The van der Waals surface area contributed by atoms with E-state index in [0.29, 0.717) is 5.15 Å². The molecule has 0 unspecified atom stereocenters. The quantitative estimate of drug-likeness (QED) is 0.888. The Morgan fingerprint density at radius 3 is 2.65 bits per heavy atom. The minimum Gasteiger partial charge on any atom is -0.383 e. The average Bonchev–Trinajstić information content (AvgIpc) is 2.37. The van der Waals surface area contributed by atoms with Gasteiger partial charge < -0.3 is 5.32 Å². The van der Waals surface area contributed by atoms with E-state index in [2.05, 4.69) is 22.4 Å². The van der Waals surface area contributed by atoms with Crippen LogP contribution in [0.15, 0.2) is 12.3 Å². The molecule has 17 heavy (non-hydrogen) atoms. The van der Waals surface area contributed by atoms with Crippen molar-refractivity contribution < 1.29 is 0 Å². The molecule has 3 nitrogen and oxygen atoms in total. The summed E-state index contributed by atoms with van der Waals surface area (Å²) < 4.78 is 0. The van der Waals surface area contributed by atoms with Gasteiger partial charge >= 0.3 is 0 Å². The second-order valence-corrected chi connectivity index (χ2v) is 5.33. The minimum absolute atomic E-state index is 0.449. The van der Waals surface area contributed by atoms with Crippen LogP contribution in [-0.4, -0.2) is 16.7 Å². The number of halogens is 1. The zero-order valence-corrected chi connectivity index (χ0v) is 11.1. The Morgan fingerprint density at radius 2 is 2.00 bits per heavy atom. The van der Waals surface area contributed by atoms with Crippen LogP contribution < -0.4 is 5.32 Å². The zero-order chi connectivity index (χ0) is 12.1. The Hall–Kier alpha value is -0.830. The van der Waals surface area contributed by atoms with E-state index in [1.54, 1.807) is 6.20 Å². The predicted molar refractivity (Wildman–Crippen MR) is 71.3 cm³/mol. The van der Waals surface area contributed by atoms with E-state index in [0.717, 1.165) is 24.1 Å².